The quantitative estimate of drug-likeness (QED) is 0.462. The Bertz CT molecular complexity index is 205. The maximum absolute atomic E-state index is 10.5. The van der Waals surface area contributed by atoms with Crippen molar-refractivity contribution >= 4 is 5.97 Å². The zero-order valence-electron chi connectivity index (χ0n) is 6.23. The molecule has 0 spiro atoms. The van der Waals surface area contributed by atoms with Crippen molar-refractivity contribution in [1.29, 1.82) is 0 Å². The smallest absolute Gasteiger partial charge is 0.331 e. The van der Waals surface area contributed by atoms with Gasteiger partial charge in [-0.15, -0.1) is 0 Å². The second kappa shape index (κ2) is 3.34. The molecule has 3 nitrogen and oxygen atoms in total. The molecule has 0 aromatic carbocycles. The number of rotatable bonds is 2. The Morgan fingerprint density at radius 2 is 2.55 bits per heavy atom. The molecule has 1 aliphatic heterocycles. The summed E-state index contributed by atoms with van der Waals surface area (Å²) >= 11 is 0. The first-order valence-corrected chi connectivity index (χ1v) is 3.43. The number of hydrogen-bond donors (Lipinski definition) is 1. The van der Waals surface area contributed by atoms with Crippen molar-refractivity contribution in [3.8, 4) is 0 Å². The fourth-order valence-electron chi connectivity index (χ4n) is 0.876. The van der Waals surface area contributed by atoms with Crippen molar-refractivity contribution < 1.29 is 14.6 Å². The molecule has 1 heterocycles. The average Bonchev–Trinajstić information content (AvgIpc) is 2.36. The molecule has 60 valence electrons. The van der Waals surface area contributed by atoms with Crippen LogP contribution in [0, 0.1) is 0 Å². The highest BCUT2D eigenvalue weighted by Crippen LogP contribution is 2.09. The summed E-state index contributed by atoms with van der Waals surface area (Å²) in [6.07, 6.45) is 4.93. The number of ether oxygens (including phenoxy) is 1. The van der Waals surface area contributed by atoms with Gasteiger partial charge in [0.1, 0.15) is 6.10 Å². The predicted octanol–water partition coefficient (Wildman–Crippen LogP) is 0.405. The van der Waals surface area contributed by atoms with Crippen molar-refractivity contribution in [1.82, 2.24) is 0 Å². The van der Waals surface area contributed by atoms with Crippen LogP contribution in [0.4, 0.5) is 0 Å². The molecular weight excluding hydrogens is 144 g/mol. The van der Waals surface area contributed by atoms with Crippen LogP contribution in [0.5, 0.6) is 0 Å². The maximum atomic E-state index is 10.5. The Balaban J connectivity index is 2.50. The van der Waals surface area contributed by atoms with E-state index >= 15 is 0 Å². The number of aliphatic hydroxyl groups is 1. The standard InChI is InChI=1S/C8H10O3/c1-2-3-6(9)7-4-5-8(10)11-7/h2-7,9H,1H3/b3-2+/t6?,7-/m0/s1. The van der Waals surface area contributed by atoms with Gasteiger partial charge in [-0.3, -0.25) is 0 Å². The van der Waals surface area contributed by atoms with Crippen LogP contribution >= 0.6 is 0 Å². The molecule has 0 fully saturated rings. The van der Waals surface area contributed by atoms with Crippen LogP contribution in [0.2, 0.25) is 0 Å². The molecule has 1 N–H and O–H groups in total. The molecule has 0 aromatic heterocycles. The molecule has 0 radical (unpaired) electrons. The number of cyclic esters (lactones) is 1. The van der Waals surface area contributed by atoms with Crippen LogP contribution in [0.15, 0.2) is 24.3 Å². The van der Waals surface area contributed by atoms with Crippen LogP contribution in [-0.2, 0) is 9.53 Å². The normalized spacial score (nSPS) is 26.0. The van der Waals surface area contributed by atoms with Crippen molar-refractivity contribution in [2.24, 2.45) is 0 Å². The van der Waals surface area contributed by atoms with Gasteiger partial charge in [-0.05, 0) is 13.0 Å². The van der Waals surface area contributed by atoms with Crippen LogP contribution < -0.4 is 0 Å². The third-order valence-electron chi connectivity index (χ3n) is 1.40. The SMILES string of the molecule is C/C=C/C(O)[C@@H]1C=CC(=O)O1. The van der Waals surface area contributed by atoms with Crippen LogP contribution in [-0.4, -0.2) is 23.3 Å². The largest absolute Gasteiger partial charge is 0.452 e. The van der Waals surface area contributed by atoms with Gasteiger partial charge < -0.3 is 9.84 Å². The Morgan fingerprint density at radius 3 is 3.00 bits per heavy atom. The number of esters is 1. The summed E-state index contributed by atoms with van der Waals surface area (Å²) in [5.74, 6) is -0.390. The predicted molar refractivity (Wildman–Crippen MR) is 39.8 cm³/mol. The lowest BCUT2D eigenvalue weighted by Crippen LogP contribution is -2.23. The molecule has 0 bridgehead atoms. The zero-order chi connectivity index (χ0) is 8.27. The van der Waals surface area contributed by atoms with Crippen LogP contribution in [0.1, 0.15) is 6.92 Å². The van der Waals surface area contributed by atoms with E-state index in [1.165, 1.54) is 6.08 Å². The Morgan fingerprint density at radius 1 is 1.82 bits per heavy atom. The third-order valence-corrected chi connectivity index (χ3v) is 1.40. The van der Waals surface area contributed by atoms with Gasteiger partial charge in [0.15, 0.2) is 6.10 Å². The molecule has 1 aliphatic rings. The Hall–Kier alpha value is -1.09. The first kappa shape index (κ1) is 8.01. The summed E-state index contributed by atoms with van der Waals surface area (Å²) in [6, 6.07) is 0. The van der Waals surface area contributed by atoms with Crippen molar-refractivity contribution in [2.45, 2.75) is 19.1 Å². The highest BCUT2D eigenvalue weighted by molar-refractivity contribution is 5.84. The van der Waals surface area contributed by atoms with Gasteiger partial charge >= 0.3 is 5.97 Å². The minimum Gasteiger partial charge on any atom is -0.452 e. The lowest BCUT2D eigenvalue weighted by molar-refractivity contribution is -0.141. The number of allylic oxidation sites excluding steroid dienone is 1. The van der Waals surface area contributed by atoms with Crippen molar-refractivity contribution in [3.05, 3.63) is 24.3 Å². The Kier molecular flexibility index (Phi) is 2.44. The summed E-state index contributed by atoms with van der Waals surface area (Å²) < 4.78 is 4.72. The lowest BCUT2D eigenvalue weighted by atomic mass is 10.2. The van der Waals surface area contributed by atoms with Gasteiger partial charge in [0.25, 0.3) is 0 Å². The lowest BCUT2D eigenvalue weighted by Gasteiger charge is -2.11. The minimum atomic E-state index is -0.720. The summed E-state index contributed by atoms with van der Waals surface area (Å²) in [6.45, 7) is 1.80. The van der Waals surface area contributed by atoms with E-state index < -0.39 is 18.2 Å². The molecule has 11 heavy (non-hydrogen) atoms. The van der Waals surface area contributed by atoms with E-state index in [1.807, 2.05) is 0 Å². The second-order valence-corrected chi connectivity index (χ2v) is 2.28. The van der Waals surface area contributed by atoms with Gasteiger partial charge in [-0.25, -0.2) is 4.79 Å². The highest BCUT2D eigenvalue weighted by Gasteiger charge is 2.22. The Labute approximate surface area is 65.0 Å². The van der Waals surface area contributed by atoms with Gasteiger partial charge in [0.2, 0.25) is 0 Å². The molecular formula is C8H10O3. The van der Waals surface area contributed by atoms with E-state index in [4.69, 9.17) is 4.74 Å². The molecule has 2 atom stereocenters. The minimum absolute atomic E-state index is 0.390. The van der Waals surface area contributed by atoms with E-state index in [2.05, 4.69) is 0 Å². The monoisotopic (exact) mass is 154 g/mol. The van der Waals surface area contributed by atoms with E-state index in [0.29, 0.717) is 0 Å². The van der Waals surface area contributed by atoms with E-state index in [-0.39, 0.29) is 0 Å². The fourth-order valence-corrected chi connectivity index (χ4v) is 0.876. The topological polar surface area (TPSA) is 46.5 Å². The third kappa shape index (κ3) is 1.91. The van der Waals surface area contributed by atoms with Gasteiger partial charge in [0.05, 0.1) is 0 Å². The number of carbonyl (C=O) groups excluding carboxylic acids is 1. The number of carbonyl (C=O) groups is 1. The average molecular weight is 154 g/mol. The summed E-state index contributed by atoms with van der Waals surface area (Å²) in [5.41, 5.74) is 0. The zero-order valence-corrected chi connectivity index (χ0v) is 6.23. The first-order chi connectivity index (χ1) is 5.24. The van der Waals surface area contributed by atoms with Gasteiger partial charge in [-0.2, -0.15) is 0 Å². The first-order valence-electron chi connectivity index (χ1n) is 3.43. The number of aliphatic hydroxyl groups excluding tert-OH is 1. The molecule has 1 rings (SSSR count). The van der Waals surface area contributed by atoms with Crippen molar-refractivity contribution in [3.63, 3.8) is 0 Å². The van der Waals surface area contributed by atoms with Crippen LogP contribution in [0.3, 0.4) is 0 Å². The van der Waals surface area contributed by atoms with E-state index in [0.717, 1.165) is 0 Å². The van der Waals surface area contributed by atoms with Crippen LogP contribution in [0.25, 0.3) is 0 Å². The summed E-state index contributed by atoms with van der Waals surface area (Å²) in [7, 11) is 0. The molecule has 0 saturated heterocycles. The molecule has 0 amide bonds. The van der Waals surface area contributed by atoms with E-state index in [9.17, 15) is 9.90 Å². The van der Waals surface area contributed by atoms with E-state index in [1.54, 1.807) is 25.2 Å². The highest BCUT2D eigenvalue weighted by atomic mass is 16.6. The fraction of sp³-hybridized carbons (Fsp3) is 0.375. The van der Waals surface area contributed by atoms with Gasteiger partial charge in [0, 0.05) is 6.08 Å². The molecule has 3 heteroatoms. The number of hydrogen-bond acceptors (Lipinski definition) is 3. The summed E-state index contributed by atoms with van der Waals surface area (Å²) in [4.78, 5) is 10.5. The molecule has 1 unspecified atom stereocenters. The molecule has 0 aromatic rings. The molecule has 0 saturated carbocycles. The second-order valence-electron chi connectivity index (χ2n) is 2.28. The molecule has 0 aliphatic carbocycles. The summed E-state index contributed by atoms with van der Waals surface area (Å²) in [5, 5.41) is 9.25. The maximum Gasteiger partial charge on any atom is 0.331 e. The van der Waals surface area contributed by atoms with Crippen molar-refractivity contribution in [2.75, 3.05) is 0 Å². The van der Waals surface area contributed by atoms with Gasteiger partial charge in [-0.1, -0.05) is 12.2 Å².